The van der Waals surface area contributed by atoms with Gasteiger partial charge in [-0.15, -0.1) is 0 Å². The molecule has 2 atom stereocenters. The van der Waals surface area contributed by atoms with Gasteiger partial charge in [0.2, 0.25) is 15.9 Å². The number of benzene rings is 3. The Labute approximate surface area is 203 Å². The predicted molar refractivity (Wildman–Crippen MR) is 137 cm³/mol. The van der Waals surface area contributed by atoms with E-state index in [9.17, 15) is 13.2 Å². The zero-order chi connectivity index (χ0) is 24.7. The van der Waals surface area contributed by atoms with E-state index >= 15 is 0 Å². The fraction of sp³-hybridized carbons (Fsp3) is 0.321. The van der Waals surface area contributed by atoms with Gasteiger partial charge in [0.1, 0.15) is 6.04 Å². The Morgan fingerprint density at radius 1 is 0.853 bits per heavy atom. The van der Waals surface area contributed by atoms with Crippen LogP contribution in [-0.4, -0.2) is 26.4 Å². The number of amides is 1. The Balaban J connectivity index is 1.78. The van der Waals surface area contributed by atoms with E-state index in [1.807, 2.05) is 74.5 Å². The molecule has 1 amide bonds. The maximum absolute atomic E-state index is 13.4. The number of sulfonamides is 1. The molecule has 3 rings (SSSR count). The molecule has 0 saturated heterocycles. The Morgan fingerprint density at radius 3 is 1.94 bits per heavy atom. The standard InChI is InChI=1S/C28H34N2O3S/c1-20-17-21(2)27(22(3)18-20)34(32,33)30-26(19-25-13-9-6-10-14-25)28(31)29-23(4)15-16-24-11-7-5-8-12-24/h5-14,17-18,23,26,30H,15-16,19H2,1-4H3,(H,29,31)/t23-,26-/m0/s1. The van der Waals surface area contributed by atoms with Crippen LogP contribution in [0.4, 0.5) is 0 Å². The average molecular weight is 479 g/mol. The summed E-state index contributed by atoms with van der Waals surface area (Å²) < 4.78 is 29.5. The molecule has 0 bridgehead atoms. The summed E-state index contributed by atoms with van der Waals surface area (Å²) in [5.74, 6) is -0.324. The first-order chi connectivity index (χ1) is 16.2. The van der Waals surface area contributed by atoms with Gasteiger partial charge in [-0.3, -0.25) is 4.79 Å². The van der Waals surface area contributed by atoms with Gasteiger partial charge < -0.3 is 5.32 Å². The molecule has 0 spiro atoms. The second kappa shape index (κ2) is 11.4. The third-order valence-corrected chi connectivity index (χ3v) is 7.64. The van der Waals surface area contributed by atoms with Crippen LogP contribution in [0.15, 0.2) is 77.7 Å². The molecule has 0 heterocycles. The molecule has 180 valence electrons. The highest BCUT2D eigenvalue weighted by atomic mass is 32.2. The minimum atomic E-state index is -3.90. The van der Waals surface area contributed by atoms with Crippen LogP contribution in [-0.2, 0) is 27.7 Å². The first-order valence-electron chi connectivity index (χ1n) is 11.6. The lowest BCUT2D eigenvalue weighted by molar-refractivity contribution is -0.123. The largest absolute Gasteiger partial charge is 0.352 e. The number of carbonyl (C=O) groups excluding carboxylic acids is 1. The van der Waals surface area contributed by atoms with Gasteiger partial charge >= 0.3 is 0 Å². The highest BCUT2D eigenvalue weighted by Gasteiger charge is 2.29. The van der Waals surface area contributed by atoms with E-state index in [1.54, 1.807) is 13.8 Å². The molecule has 3 aromatic carbocycles. The van der Waals surface area contributed by atoms with Crippen LogP contribution in [0.5, 0.6) is 0 Å². The monoisotopic (exact) mass is 478 g/mol. The van der Waals surface area contributed by atoms with Crippen molar-refractivity contribution in [1.29, 1.82) is 0 Å². The molecule has 0 aliphatic carbocycles. The van der Waals surface area contributed by atoms with Crippen LogP contribution in [0, 0.1) is 20.8 Å². The summed E-state index contributed by atoms with van der Waals surface area (Å²) in [5.41, 5.74) is 4.43. The first kappa shape index (κ1) is 25.7. The highest BCUT2D eigenvalue weighted by molar-refractivity contribution is 7.89. The van der Waals surface area contributed by atoms with Crippen molar-refractivity contribution in [3.63, 3.8) is 0 Å². The molecule has 0 radical (unpaired) electrons. The fourth-order valence-electron chi connectivity index (χ4n) is 4.32. The van der Waals surface area contributed by atoms with Gasteiger partial charge in [-0.2, -0.15) is 4.72 Å². The number of nitrogens with one attached hydrogen (secondary N) is 2. The average Bonchev–Trinajstić information content (AvgIpc) is 2.77. The third-order valence-electron chi connectivity index (χ3n) is 5.87. The van der Waals surface area contributed by atoms with Crippen LogP contribution < -0.4 is 10.0 Å². The van der Waals surface area contributed by atoms with Crippen molar-refractivity contribution in [2.24, 2.45) is 0 Å². The van der Waals surface area contributed by atoms with Crippen LogP contribution >= 0.6 is 0 Å². The van der Waals surface area contributed by atoms with Crippen LogP contribution in [0.25, 0.3) is 0 Å². The lowest BCUT2D eigenvalue weighted by Crippen LogP contribution is -2.50. The Bertz CT molecular complexity index is 1190. The lowest BCUT2D eigenvalue weighted by Gasteiger charge is -2.23. The van der Waals surface area contributed by atoms with Gasteiger partial charge in [0, 0.05) is 6.04 Å². The minimum Gasteiger partial charge on any atom is -0.352 e. The Morgan fingerprint density at radius 2 is 1.38 bits per heavy atom. The zero-order valence-electron chi connectivity index (χ0n) is 20.3. The van der Waals surface area contributed by atoms with Gasteiger partial charge in [-0.05, 0) is 69.2 Å². The topological polar surface area (TPSA) is 75.3 Å². The Hall–Kier alpha value is -2.96. The number of rotatable bonds is 10. The fourth-order valence-corrected chi connectivity index (χ4v) is 5.97. The van der Waals surface area contributed by atoms with Crippen molar-refractivity contribution in [3.8, 4) is 0 Å². The van der Waals surface area contributed by atoms with E-state index in [0.29, 0.717) is 11.1 Å². The summed E-state index contributed by atoms with van der Waals surface area (Å²) in [6.07, 6.45) is 1.86. The minimum absolute atomic E-state index is 0.0988. The molecule has 0 fully saturated rings. The molecule has 6 heteroatoms. The molecule has 3 aromatic rings. The summed E-state index contributed by atoms with van der Waals surface area (Å²) in [5, 5.41) is 3.02. The summed E-state index contributed by atoms with van der Waals surface area (Å²) in [6, 6.07) is 22.2. The van der Waals surface area contributed by atoms with E-state index in [-0.39, 0.29) is 23.3 Å². The second-order valence-corrected chi connectivity index (χ2v) is 10.7. The van der Waals surface area contributed by atoms with E-state index in [0.717, 1.165) is 24.0 Å². The molecule has 0 aliphatic rings. The maximum Gasteiger partial charge on any atom is 0.241 e. The number of hydrogen-bond donors (Lipinski definition) is 2. The second-order valence-electron chi connectivity index (χ2n) is 9.03. The van der Waals surface area contributed by atoms with Crippen molar-refractivity contribution >= 4 is 15.9 Å². The smallest absolute Gasteiger partial charge is 0.241 e. The summed E-state index contributed by atoms with van der Waals surface area (Å²) in [6.45, 7) is 7.45. The van der Waals surface area contributed by atoms with Gasteiger partial charge in [-0.1, -0.05) is 78.4 Å². The third kappa shape index (κ3) is 7.02. The first-order valence-corrected chi connectivity index (χ1v) is 13.1. The Kier molecular flexibility index (Phi) is 8.64. The van der Waals surface area contributed by atoms with E-state index in [2.05, 4.69) is 22.2 Å². The van der Waals surface area contributed by atoms with Crippen LogP contribution in [0.1, 0.15) is 41.2 Å². The number of carbonyl (C=O) groups is 1. The van der Waals surface area contributed by atoms with Crippen molar-refractivity contribution in [2.75, 3.05) is 0 Å². The van der Waals surface area contributed by atoms with Crippen molar-refractivity contribution in [3.05, 3.63) is 101 Å². The highest BCUT2D eigenvalue weighted by Crippen LogP contribution is 2.22. The van der Waals surface area contributed by atoms with Crippen molar-refractivity contribution in [2.45, 2.75) is 63.9 Å². The van der Waals surface area contributed by atoms with E-state index in [4.69, 9.17) is 0 Å². The van der Waals surface area contributed by atoms with Crippen LogP contribution in [0.3, 0.4) is 0 Å². The molecule has 5 nitrogen and oxygen atoms in total. The quantitative estimate of drug-likeness (QED) is 0.446. The molecule has 0 aliphatic heterocycles. The molecular weight excluding hydrogens is 444 g/mol. The van der Waals surface area contributed by atoms with Gasteiger partial charge in [-0.25, -0.2) is 8.42 Å². The van der Waals surface area contributed by atoms with Crippen molar-refractivity contribution in [1.82, 2.24) is 10.0 Å². The molecule has 0 saturated carbocycles. The van der Waals surface area contributed by atoms with Gasteiger partial charge in [0.25, 0.3) is 0 Å². The van der Waals surface area contributed by atoms with Gasteiger partial charge in [0.15, 0.2) is 0 Å². The van der Waals surface area contributed by atoms with Gasteiger partial charge in [0.05, 0.1) is 4.90 Å². The van der Waals surface area contributed by atoms with E-state index < -0.39 is 16.1 Å². The van der Waals surface area contributed by atoms with Crippen molar-refractivity contribution < 1.29 is 13.2 Å². The molecule has 0 aromatic heterocycles. The molecular formula is C28H34N2O3S. The maximum atomic E-state index is 13.4. The lowest BCUT2D eigenvalue weighted by atomic mass is 10.0. The van der Waals surface area contributed by atoms with Crippen LogP contribution in [0.2, 0.25) is 0 Å². The normalized spacial score (nSPS) is 13.3. The summed E-state index contributed by atoms with van der Waals surface area (Å²) in [7, 11) is -3.90. The molecule has 34 heavy (non-hydrogen) atoms. The van der Waals surface area contributed by atoms with E-state index in [1.165, 1.54) is 5.56 Å². The summed E-state index contributed by atoms with van der Waals surface area (Å²) >= 11 is 0. The zero-order valence-corrected chi connectivity index (χ0v) is 21.2. The SMILES string of the molecule is Cc1cc(C)c(S(=O)(=O)N[C@@H](Cc2ccccc2)C(=O)N[C@@H](C)CCc2ccccc2)c(C)c1. The molecule has 0 unspecified atom stereocenters. The number of hydrogen-bond acceptors (Lipinski definition) is 3. The predicted octanol–water partition coefficient (Wildman–Crippen LogP) is 4.64. The molecule has 2 N–H and O–H groups in total. The number of aryl methyl sites for hydroxylation is 4. The summed E-state index contributed by atoms with van der Waals surface area (Å²) in [4.78, 5) is 13.5.